The predicted molar refractivity (Wildman–Crippen MR) is 91.0 cm³/mol. The van der Waals surface area contributed by atoms with E-state index in [1.807, 2.05) is 31.2 Å². The van der Waals surface area contributed by atoms with Gasteiger partial charge in [-0.3, -0.25) is 4.98 Å². The van der Waals surface area contributed by atoms with Crippen molar-refractivity contribution >= 4 is 17.4 Å². The van der Waals surface area contributed by atoms with Gasteiger partial charge in [0.15, 0.2) is 0 Å². The number of hydrogen-bond donors (Lipinski definition) is 2. The molecule has 1 fully saturated rings. The Kier molecular flexibility index (Phi) is 6.33. The Labute approximate surface area is 132 Å². The number of ether oxygens (including phenoxy) is 1. The highest BCUT2D eigenvalue weighted by molar-refractivity contribution is 7.98. The predicted octanol–water partition coefficient (Wildman–Crippen LogP) is 2.71. The molecule has 21 heavy (non-hydrogen) atoms. The van der Waals surface area contributed by atoms with Gasteiger partial charge in [-0.05, 0) is 42.6 Å². The molecular weight excluding hydrogens is 282 g/mol. The van der Waals surface area contributed by atoms with E-state index < -0.39 is 0 Å². The van der Waals surface area contributed by atoms with E-state index in [0.29, 0.717) is 11.8 Å². The van der Waals surface area contributed by atoms with Gasteiger partial charge in [0.2, 0.25) is 0 Å². The van der Waals surface area contributed by atoms with E-state index in [0.717, 1.165) is 30.9 Å². The zero-order chi connectivity index (χ0) is 15.2. The van der Waals surface area contributed by atoms with Crippen molar-refractivity contribution in [3.8, 4) is 0 Å². The molecule has 4 unspecified atom stereocenters. The van der Waals surface area contributed by atoms with Gasteiger partial charge >= 0.3 is 0 Å². The van der Waals surface area contributed by atoms with Gasteiger partial charge in [0.1, 0.15) is 0 Å². The first kappa shape index (κ1) is 16.6. The largest absolute Gasteiger partial charge is 0.387 e. The Balaban J connectivity index is 2.03. The molecule has 4 atom stereocenters. The lowest BCUT2D eigenvalue weighted by Gasteiger charge is -2.39. The van der Waals surface area contributed by atoms with Crippen molar-refractivity contribution in [1.82, 2.24) is 4.98 Å². The van der Waals surface area contributed by atoms with Crippen LogP contribution in [0, 0.1) is 5.92 Å². The molecule has 1 aromatic rings. The molecule has 0 amide bonds. The van der Waals surface area contributed by atoms with E-state index in [-0.39, 0.29) is 12.1 Å². The standard InChI is InChI=1S/C16H27N3OS/c1-11-8-12(13-4-5-19-10-15(13)18-2)9-14(17)16(11)20-6-7-21-3/h4-5,10-12,14,16,18H,6-9,17H2,1-3H3. The Morgan fingerprint density at radius 1 is 1.48 bits per heavy atom. The first-order valence-electron chi connectivity index (χ1n) is 7.65. The van der Waals surface area contributed by atoms with Crippen molar-refractivity contribution < 1.29 is 4.74 Å². The van der Waals surface area contributed by atoms with Gasteiger partial charge in [-0.15, -0.1) is 0 Å². The SMILES string of the molecule is CNc1cnccc1C1CC(C)C(OCCSC)C(N)C1. The monoisotopic (exact) mass is 309 g/mol. The van der Waals surface area contributed by atoms with Crippen LogP contribution in [0.2, 0.25) is 0 Å². The lowest BCUT2D eigenvalue weighted by Crippen LogP contribution is -2.46. The van der Waals surface area contributed by atoms with E-state index in [4.69, 9.17) is 10.5 Å². The molecular formula is C16H27N3OS. The minimum absolute atomic E-state index is 0.110. The minimum Gasteiger partial charge on any atom is -0.387 e. The molecule has 1 aliphatic rings. The summed E-state index contributed by atoms with van der Waals surface area (Å²) in [5.74, 6) is 2.01. The highest BCUT2D eigenvalue weighted by Crippen LogP contribution is 2.39. The number of thioether (sulfide) groups is 1. The summed E-state index contributed by atoms with van der Waals surface area (Å²) in [5.41, 5.74) is 8.85. The van der Waals surface area contributed by atoms with Crippen LogP contribution in [0.5, 0.6) is 0 Å². The lowest BCUT2D eigenvalue weighted by atomic mass is 9.74. The van der Waals surface area contributed by atoms with E-state index in [9.17, 15) is 0 Å². The fourth-order valence-electron chi connectivity index (χ4n) is 3.34. The number of nitrogens with one attached hydrogen (secondary N) is 1. The molecule has 2 rings (SSSR count). The van der Waals surface area contributed by atoms with Crippen LogP contribution in [0.4, 0.5) is 5.69 Å². The molecule has 1 saturated carbocycles. The van der Waals surface area contributed by atoms with Gasteiger partial charge in [0.05, 0.1) is 24.6 Å². The summed E-state index contributed by atoms with van der Waals surface area (Å²) in [6.45, 7) is 3.06. The van der Waals surface area contributed by atoms with Gasteiger partial charge in [0.25, 0.3) is 0 Å². The van der Waals surface area contributed by atoms with E-state index in [2.05, 4.69) is 29.5 Å². The summed E-state index contributed by atoms with van der Waals surface area (Å²) in [5, 5.41) is 3.24. The van der Waals surface area contributed by atoms with Crippen LogP contribution in [0.1, 0.15) is 31.2 Å². The van der Waals surface area contributed by atoms with E-state index in [1.54, 1.807) is 0 Å². The number of nitrogens with two attached hydrogens (primary N) is 1. The minimum atomic E-state index is 0.110. The molecule has 3 N–H and O–H groups in total. The zero-order valence-corrected chi connectivity index (χ0v) is 14.0. The van der Waals surface area contributed by atoms with Crippen molar-refractivity contribution in [2.45, 2.75) is 37.8 Å². The maximum atomic E-state index is 6.40. The lowest BCUT2D eigenvalue weighted by molar-refractivity contribution is -0.0149. The summed E-state index contributed by atoms with van der Waals surface area (Å²) in [7, 11) is 1.95. The van der Waals surface area contributed by atoms with Crippen LogP contribution >= 0.6 is 11.8 Å². The highest BCUT2D eigenvalue weighted by atomic mass is 32.2. The van der Waals surface area contributed by atoms with Crippen LogP contribution in [0.25, 0.3) is 0 Å². The first-order valence-corrected chi connectivity index (χ1v) is 9.04. The third-order valence-corrected chi connectivity index (χ3v) is 4.93. The summed E-state index contributed by atoms with van der Waals surface area (Å²) in [6.07, 6.45) is 8.16. The molecule has 5 heteroatoms. The maximum Gasteiger partial charge on any atom is 0.0752 e. The van der Waals surface area contributed by atoms with Gasteiger partial charge in [-0.25, -0.2) is 0 Å². The van der Waals surface area contributed by atoms with Crippen molar-refractivity contribution in [2.75, 3.05) is 31.0 Å². The van der Waals surface area contributed by atoms with Gasteiger partial charge < -0.3 is 15.8 Å². The smallest absolute Gasteiger partial charge is 0.0752 e. The number of anilines is 1. The quantitative estimate of drug-likeness (QED) is 0.791. The topological polar surface area (TPSA) is 60.2 Å². The molecule has 1 heterocycles. The average molecular weight is 309 g/mol. The number of rotatable bonds is 6. The van der Waals surface area contributed by atoms with Crippen LogP contribution < -0.4 is 11.1 Å². The van der Waals surface area contributed by atoms with Crippen LogP contribution in [-0.4, -0.2) is 42.8 Å². The van der Waals surface area contributed by atoms with Crippen molar-refractivity contribution in [3.63, 3.8) is 0 Å². The molecule has 4 nitrogen and oxygen atoms in total. The van der Waals surface area contributed by atoms with Gasteiger partial charge in [-0.2, -0.15) is 11.8 Å². The zero-order valence-electron chi connectivity index (χ0n) is 13.2. The Hall–Kier alpha value is -0.780. The average Bonchev–Trinajstić information content (AvgIpc) is 2.49. The molecule has 118 valence electrons. The van der Waals surface area contributed by atoms with Gasteiger partial charge in [-0.1, -0.05) is 6.92 Å². The second kappa shape index (κ2) is 8.01. The van der Waals surface area contributed by atoms with Gasteiger partial charge in [0, 0.05) is 25.0 Å². The van der Waals surface area contributed by atoms with Crippen molar-refractivity contribution in [1.29, 1.82) is 0 Å². The van der Waals surface area contributed by atoms with Crippen LogP contribution in [0.15, 0.2) is 18.5 Å². The molecule has 0 aliphatic heterocycles. The third kappa shape index (κ3) is 4.11. The van der Waals surface area contributed by atoms with E-state index >= 15 is 0 Å². The number of pyridine rings is 1. The first-order chi connectivity index (χ1) is 10.2. The number of hydrogen-bond acceptors (Lipinski definition) is 5. The summed E-state index contributed by atoms with van der Waals surface area (Å²) in [4.78, 5) is 4.19. The summed E-state index contributed by atoms with van der Waals surface area (Å²) >= 11 is 1.81. The van der Waals surface area contributed by atoms with Crippen molar-refractivity contribution in [2.24, 2.45) is 11.7 Å². The Morgan fingerprint density at radius 3 is 2.95 bits per heavy atom. The number of nitrogens with zero attached hydrogens (tertiary/aromatic N) is 1. The van der Waals surface area contributed by atoms with Crippen LogP contribution in [0.3, 0.4) is 0 Å². The Bertz CT molecular complexity index is 431. The molecule has 0 bridgehead atoms. The maximum absolute atomic E-state index is 6.40. The summed E-state index contributed by atoms with van der Waals surface area (Å²) in [6, 6.07) is 2.23. The second-order valence-corrected chi connectivity index (χ2v) is 6.84. The summed E-state index contributed by atoms with van der Waals surface area (Å²) < 4.78 is 6.01. The third-order valence-electron chi connectivity index (χ3n) is 4.36. The molecule has 0 spiro atoms. The fourth-order valence-corrected chi connectivity index (χ4v) is 3.61. The molecule has 0 saturated heterocycles. The molecule has 1 aliphatic carbocycles. The van der Waals surface area contributed by atoms with Crippen LogP contribution in [-0.2, 0) is 4.74 Å². The highest BCUT2D eigenvalue weighted by Gasteiger charge is 2.35. The molecule has 0 radical (unpaired) electrons. The normalized spacial score (nSPS) is 29.3. The second-order valence-electron chi connectivity index (χ2n) is 5.85. The molecule has 1 aromatic heterocycles. The van der Waals surface area contributed by atoms with Crippen molar-refractivity contribution in [3.05, 3.63) is 24.0 Å². The van der Waals surface area contributed by atoms with E-state index in [1.165, 1.54) is 5.56 Å². The molecule has 0 aromatic carbocycles. The fraction of sp³-hybridized carbons (Fsp3) is 0.688. The Morgan fingerprint density at radius 2 is 2.29 bits per heavy atom. The number of aromatic nitrogens is 1.